The number of amides is 1. The van der Waals surface area contributed by atoms with Crippen molar-refractivity contribution in [2.75, 3.05) is 0 Å². The van der Waals surface area contributed by atoms with Crippen LogP contribution in [0.15, 0.2) is 54.6 Å². The van der Waals surface area contributed by atoms with Gasteiger partial charge in [-0.3, -0.25) is 10.1 Å². The molecular weight excluding hydrogens is 304 g/mol. The second-order valence-electron chi connectivity index (χ2n) is 4.54. The minimum Gasteiger partial charge on any atom is -0.356 e. The van der Waals surface area contributed by atoms with Gasteiger partial charge < -0.3 is 5.32 Å². The number of hydrogen-bond donors (Lipinski definition) is 2. The van der Waals surface area contributed by atoms with Gasteiger partial charge in [0, 0.05) is 0 Å². The molecule has 2 rings (SSSR count). The Morgan fingerprint density at radius 2 is 1.71 bits per heavy atom. The van der Waals surface area contributed by atoms with Crippen LogP contribution in [0.1, 0.15) is 28.9 Å². The van der Waals surface area contributed by atoms with Crippen LogP contribution in [0.5, 0.6) is 0 Å². The van der Waals surface area contributed by atoms with E-state index in [1.54, 1.807) is 24.3 Å². The van der Waals surface area contributed by atoms with E-state index in [2.05, 4.69) is 10.6 Å². The Balaban J connectivity index is 1.96. The van der Waals surface area contributed by atoms with E-state index in [0.29, 0.717) is 10.6 Å². The van der Waals surface area contributed by atoms with Crippen molar-refractivity contribution >= 4 is 34.8 Å². The Morgan fingerprint density at radius 1 is 1.10 bits per heavy atom. The molecule has 2 N–H and O–H groups in total. The molecule has 0 heterocycles. The van der Waals surface area contributed by atoms with Crippen LogP contribution in [0, 0.1) is 0 Å². The van der Waals surface area contributed by atoms with Crippen LogP contribution in [-0.2, 0) is 0 Å². The lowest BCUT2D eigenvalue weighted by molar-refractivity contribution is 0.0976. The van der Waals surface area contributed by atoms with Gasteiger partial charge in [0.1, 0.15) is 0 Å². The summed E-state index contributed by atoms with van der Waals surface area (Å²) >= 11 is 11.1. The Labute approximate surface area is 134 Å². The fraction of sp³-hybridized carbons (Fsp3) is 0.125. The highest BCUT2D eigenvalue weighted by Crippen LogP contribution is 2.15. The summed E-state index contributed by atoms with van der Waals surface area (Å²) < 4.78 is 0. The maximum absolute atomic E-state index is 12.1. The van der Waals surface area contributed by atoms with Crippen molar-refractivity contribution in [2.45, 2.75) is 13.0 Å². The number of rotatable bonds is 3. The summed E-state index contributed by atoms with van der Waals surface area (Å²) in [5, 5.41) is 6.38. The predicted octanol–water partition coefficient (Wildman–Crippen LogP) is 3.71. The summed E-state index contributed by atoms with van der Waals surface area (Å²) in [5.41, 5.74) is 1.49. The number of nitrogens with one attached hydrogen (secondary N) is 2. The van der Waals surface area contributed by atoms with E-state index in [1.165, 1.54) is 0 Å². The third-order valence-corrected chi connectivity index (χ3v) is 3.54. The van der Waals surface area contributed by atoms with Gasteiger partial charge in [0.05, 0.1) is 16.6 Å². The van der Waals surface area contributed by atoms with Crippen molar-refractivity contribution in [3.05, 3.63) is 70.7 Å². The summed E-state index contributed by atoms with van der Waals surface area (Å²) in [6, 6.07) is 16.7. The summed E-state index contributed by atoms with van der Waals surface area (Å²) in [6.07, 6.45) is 0. The fourth-order valence-electron chi connectivity index (χ4n) is 1.87. The second-order valence-corrected chi connectivity index (χ2v) is 5.36. The molecule has 108 valence electrons. The van der Waals surface area contributed by atoms with Crippen molar-refractivity contribution in [2.24, 2.45) is 0 Å². The first-order valence-electron chi connectivity index (χ1n) is 6.49. The van der Waals surface area contributed by atoms with Gasteiger partial charge in [-0.15, -0.1) is 0 Å². The van der Waals surface area contributed by atoms with Gasteiger partial charge in [0.15, 0.2) is 5.11 Å². The zero-order valence-corrected chi connectivity index (χ0v) is 13.0. The molecule has 3 nitrogen and oxygen atoms in total. The minimum atomic E-state index is -0.321. The number of hydrogen-bond acceptors (Lipinski definition) is 2. The first-order chi connectivity index (χ1) is 10.1. The summed E-state index contributed by atoms with van der Waals surface area (Å²) in [7, 11) is 0. The van der Waals surface area contributed by atoms with E-state index >= 15 is 0 Å². The van der Waals surface area contributed by atoms with Gasteiger partial charge in [-0.1, -0.05) is 54.1 Å². The predicted molar refractivity (Wildman–Crippen MR) is 89.5 cm³/mol. The number of thiocarbonyl (C=S) groups is 1. The van der Waals surface area contributed by atoms with Gasteiger partial charge in [-0.2, -0.15) is 0 Å². The molecule has 0 aliphatic heterocycles. The Hall–Kier alpha value is -1.91. The van der Waals surface area contributed by atoms with Gasteiger partial charge in [-0.25, -0.2) is 0 Å². The Bertz CT molecular complexity index is 646. The minimum absolute atomic E-state index is 0.00486. The molecule has 0 saturated carbocycles. The molecule has 0 radical (unpaired) electrons. The third-order valence-electron chi connectivity index (χ3n) is 2.99. The average Bonchev–Trinajstić information content (AvgIpc) is 2.48. The van der Waals surface area contributed by atoms with Crippen molar-refractivity contribution < 1.29 is 4.79 Å². The van der Waals surface area contributed by atoms with E-state index in [-0.39, 0.29) is 17.1 Å². The Kier molecular flexibility index (Phi) is 5.31. The van der Waals surface area contributed by atoms with Crippen LogP contribution in [-0.4, -0.2) is 11.0 Å². The summed E-state index contributed by atoms with van der Waals surface area (Å²) in [5.74, 6) is -0.321. The lowest BCUT2D eigenvalue weighted by Gasteiger charge is -2.17. The van der Waals surface area contributed by atoms with E-state index in [1.807, 2.05) is 37.3 Å². The topological polar surface area (TPSA) is 41.1 Å². The van der Waals surface area contributed by atoms with Crippen LogP contribution >= 0.6 is 23.8 Å². The lowest BCUT2D eigenvalue weighted by atomic mass is 10.1. The van der Waals surface area contributed by atoms with Gasteiger partial charge in [-0.05, 0) is 36.8 Å². The van der Waals surface area contributed by atoms with Crippen molar-refractivity contribution in [1.82, 2.24) is 10.6 Å². The lowest BCUT2D eigenvalue weighted by Crippen LogP contribution is -2.40. The molecule has 0 saturated heterocycles. The van der Waals surface area contributed by atoms with Crippen LogP contribution in [0.3, 0.4) is 0 Å². The van der Waals surface area contributed by atoms with Crippen molar-refractivity contribution in [1.29, 1.82) is 0 Å². The molecule has 1 unspecified atom stereocenters. The first kappa shape index (κ1) is 15.5. The standard InChI is InChI=1S/C16H15ClN2OS/c1-11(12-7-3-2-4-8-12)18-16(21)19-15(20)13-9-5-6-10-14(13)17/h2-11H,1H3,(H2,18,19,20,21). The molecule has 2 aromatic rings. The number of halogens is 1. The highest BCUT2D eigenvalue weighted by Gasteiger charge is 2.12. The zero-order valence-electron chi connectivity index (χ0n) is 11.5. The molecule has 1 atom stereocenters. The van der Waals surface area contributed by atoms with Crippen LogP contribution in [0.2, 0.25) is 5.02 Å². The van der Waals surface area contributed by atoms with Gasteiger partial charge in [0.2, 0.25) is 0 Å². The maximum Gasteiger partial charge on any atom is 0.258 e. The van der Waals surface area contributed by atoms with Gasteiger partial charge in [0.25, 0.3) is 5.91 Å². The first-order valence-corrected chi connectivity index (χ1v) is 7.28. The van der Waals surface area contributed by atoms with E-state index in [9.17, 15) is 4.79 Å². The van der Waals surface area contributed by atoms with Crippen molar-refractivity contribution in [3.63, 3.8) is 0 Å². The second kappa shape index (κ2) is 7.20. The third kappa shape index (κ3) is 4.28. The zero-order chi connectivity index (χ0) is 15.2. The molecule has 0 fully saturated rings. The van der Waals surface area contributed by atoms with Gasteiger partial charge >= 0.3 is 0 Å². The normalized spacial score (nSPS) is 11.5. The smallest absolute Gasteiger partial charge is 0.258 e. The van der Waals surface area contributed by atoms with E-state index in [0.717, 1.165) is 5.56 Å². The Morgan fingerprint density at radius 3 is 2.38 bits per heavy atom. The largest absolute Gasteiger partial charge is 0.356 e. The molecule has 0 aliphatic rings. The summed E-state index contributed by atoms with van der Waals surface area (Å²) in [4.78, 5) is 12.1. The average molecular weight is 319 g/mol. The van der Waals surface area contributed by atoms with Crippen molar-refractivity contribution in [3.8, 4) is 0 Å². The summed E-state index contributed by atoms with van der Waals surface area (Å²) in [6.45, 7) is 1.98. The maximum atomic E-state index is 12.1. The number of carbonyl (C=O) groups is 1. The van der Waals surface area contributed by atoms with E-state index < -0.39 is 0 Å². The number of carbonyl (C=O) groups excluding carboxylic acids is 1. The molecule has 0 aliphatic carbocycles. The number of benzene rings is 2. The highest BCUT2D eigenvalue weighted by atomic mass is 35.5. The molecule has 0 spiro atoms. The SMILES string of the molecule is CC(NC(=S)NC(=O)c1ccccc1Cl)c1ccccc1. The monoisotopic (exact) mass is 318 g/mol. The van der Waals surface area contributed by atoms with Crippen LogP contribution < -0.4 is 10.6 Å². The fourth-order valence-corrected chi connectivity index (χ4v) is 2.36. The quantitative estimate of drug-likeness (QED) is 0.848. The van der Waals surface area contributed by atoms with E-state index in [4.69, 9.17) is 23.8 Å². The molecule has 5 heteroatoms. The molecular formula is C16H15ClN2OS. The molecule has 0 aromatic heterocycles. The van der Waals surface area contributed by atoms with Crippen LogP contribution in [0.4, 0.5) is 0 Å². The molecule has 1 amide bonds. The molecule has 21 heavy (non-hydrogen) atoms. The molecule has 2 aromatic carbocycles. The van der Waals surface area contributed by atoms with Crippen LogP contribution in [0.25, 0.3) is 0 Å². The highest BCUT2D eigenvalue weighted by molar-refractivity contribution is 7.80. The molecule has 0 bridgehead atoms.